The van der Waals surface area contributed by atoms with E-state index in [1.807, 2.05) is 0 Å². The van der Waals surface area contributed by atoms with Crippen LogP contribution in [0.2, 0.25) is 0 Å². The molecule has 0 aromatic carbocycles. The minimum absolute atomic E-state index is 0.0207. The lowest BCUT2D eigenvalue weighted by atomic mass is 10.2. The molecule has 1 saturated heterocycles. The molecule has 0 radical (unpaired) electrons. The maximum Gasteiger partial charge on any atom is 0.358 e. The minimum Gasteiger partial charge on any atom is -0.476 e. The zero-order chi connectivity index (χ0) is 12.4. The second-order valence-corrected chi connectivity index (χ2v) is 4.98. The predicted octanol–water partition coefficient (Wildman–Crippen LogP) is 0.879. The van der Waals surface area contributed by atoms with Gasteiger partial charge in [-0.25, -0.2) is 9.48 Å². The van der Waals surface area contributed by atoms with Crippen molar-refractivity contribution in [3.8, 4) is 0 Å². The van der Waals surface area contributed by atoms with Gasteiger partial charge in [-0.15, -0.1) is 5.10 Å². The van der Waals surface area contributed by atoms with E-state index >= 15 is 0 Å². The number of aromatic carboxylic acids is 1. The van der Waals surface area contributed by atoms with Crippen molar-refractivity contribution in [2.24, 2.45) is 5.92 Å². The monoisotopic (exact) mass is 238 g/mol. The van der Waals surface area contributed by atoms with Gasteiger partial charge >= 0.3 is 5.97 Å². The van der Waals surface area contributed by atoms with Crippen LogP contribution in [0.15, 0.2) is 6.20 Å². The van der Waals surface area contributed by atoms with Gasteiger partial charge in [0.05, 0.1) is 12.2 Å². The number of aromatic nitrogens is 3. The smallest absolute Gasteiger partial charge is 0.358 e. The second kappa shape index (κ2) is 4.83. The zero-order valence-corrected chi connectivity index (χ0v) is 10.2. The molecule has 1 aliphatic heterocycles. The molecule has 0 spiro atoms. The fraction of sp³-hybridized carbons (Fsp3) is 0.727. The number of hydrogen-bond acceptors (Lipinski definition) is 4. The summed E-state index contributed by atoms with van der Waals surface area (Å²) >= 11 is 0. The highest BCUT2D eigenvalue weighted by atomic mass is 16.4. The number of hydrogen-bond donors (Lipinski definition) is 1. The van der Waals surface area contributed by atoms with Gasteiger partial charge in [0.1, 0.15) is 0 Å². The quantitative estimate of drug-likeness (QED) is 0.843. The summed E-state index contributed by atoms with van der Waals surface area (Å²) in [5, 5.41) is 16.3. The molecular weight excluding hydrogens is 220 g/mol. The maximum atomic E-state index is 10.7. The Morgan fingerprint density at radius 3 is 3.00 bits per heavy atom. The predicted molar refractivity (Wildman–Crippen MR) is 61.9 cm³/mol. The van der Waals surface area contributed by atoms with E-state index in [4.69, 9.17) is 5.11 Å². The van der Waals surface area contributed by atoms with Gasteiger partial charge < -0.3 is 10.0 Å². The van der Waals surface area contributed by atoms with E-state index < -0.39 is 5.97 Å². The average Bonchev–Trinajstić information content (AvgIpc) is 2.83. The minimum atomic E-state index is -1.02. The van der Waals surface area contributed by atoms with Crippen molar-refractivity contribution in [1.29, 1.82) is 0 Å². The largest absolute Gasteiger partial charge is 0.476 e. The number of rotatable bonds is 4. The van der Waals surface area contributed by atoms with E-state index in [0.29, 0.717) is 5.92 Å². The molecule has 94 valence electrons. The molecule has 6 heteroatoms. The zero-order valence-electron chi connectivity index (χ0n) is 10.2. The van der Waals surface area contributed by atoms with Crippen LogP contribution in [0.3, 0.4) is 0 Å². The van der Waals surface area contributed by atoms with E-state index in [0.717, 1.165) is 26.1 Å². The highest BCUT2D eigenvalue weighted by Crippen LogP contribution is 2.21. The Bertz CT molecular complexity index is 402. The molecular formula is C11H18N4O2. The van der Waals surface area contributed by atoms with Gasteiger partial charge in [0.15, 0.2) is 5.69 Å². The van der Waals surface area contributed by atoms with E-state index in [2.05, 4.69) is 29.1 Å². The van der Waals surface area contributed by atoms with Gasteiger partial charge in [-0.3, -0.25) is 0 Å². The third kappa shape index (κ3) is 2.82. The van der Waals surface area contributed by atoms with Crippen LogP contribution < -0.4 is 0 Å². The maximum absolute atomic E-state index is 10.7. The Hall–Kier alpha value is -1.43. The first-order valence-corrected chi connectivity index (χ1v) is 5.93. The molecule has 0 aliphatic carbocycles. The molecule has 0 amide bonds. The first kappa shape index (κ1) is 12.0. The third-order valence-electron chi connectivity index (χ3n) is 2.97. The summed E-state index contributed by atoms with van der Waals surface area (Å²) in [5.74, 6) is -0.368. The summed E-state index contributed by atoms with van der Waals surface area (Å²) in [6, 6.07) is 0.259. The molecule has 17 heavy (non-hydrogen) atoms. The highest BCUT2D eigenvalue weighted by Gasteiger charge is 2.25. The molecule has 1 aromatic heterocycles. The second-order valence-electron chi connectivity index (χ2n) is 4.98. The molecule has 0 saturated carbocycles. The Morgan fingerprint density at radius 2 is 2.41 bits per heavy atom. The van der Waals surface area contributed by atoms with Crippen molar-refractivity contribution in [3.05, 3.63) is 11.9 Å². The van der Waals surface area contributed by atoms with E-state index in [1.165, 1.54) is 6.20 Å². The van der Waals surface area contributed by atoms with Crippen LogP contribution in [0.5, 0.6) is 0 Å². The van der Waals surface area contributed by atoms with Crippen LogP contribution in [0.1, 0.15) is 36.8 Å². The van der Waals surface area contributed by atoms with Crippen molar-refractivity contribution < 1.29 is 9.90 Å². The van der Waals surface area contributed by atoms with Crippen molar-refractivity contribution in [1.82, 2.24) is 19.9 Å². The van der Waals surface area contributed by atoms with Gasteiger partial charge in [0.25, 0.3) is 0 Å². The van der Waals surface area contributed by atoms with Crippen molar-refractivity contribution in [3.63, 3.8) is 0 Å². The van der Waals surface area contributed by atoms with Crippen molar-refractivity contribution in [2.45, 2.75) is 26.3 Å². The lowest BCUT2D eigenvalue weighted by Crippen LogP contribution is -2.26. The van der Waals surface area contributed by atoms with Crippen LogP contribution >= 0.6 is 0 Å². The normalized spacial score (nSPS) is 21.2. The Morgan fingerprint density at radius 1 is 1.65 bits per heavy atom. The summed E-state index contributed by atoms with van der Waals surface area (Å²) in [6.07, 6.45) is 2.53. The van der Waals surface area contributed by atoms with Gasteiger partial charge in [0, 0.05) is 19.6 Å². The summed E-state index contributed by atoms with van der Waals surface area (Å²) in [6.45, 7) is 7.46. The standard InChI is InChI=1S/C11H18N4O2/c1-8(2)5-14-4-3-9(6-14)15-7-10(11(16)17)12-13-15/h7-9H,3-6H2,1-2H3,(H,16,17)/t9-/m0/s1. The fourth-order valence-corrected chi connectivity index (χ4v) is 2.26. The average molecular weight is 238 g/mol. The van der Waals surface area contributed by atoms with Crippen LogP contribution in [-0.4, -0.2) is 50.6 Å². The lowest BCUT2D eigenvalue weighted by molar-refractivity contribution is 0.0690. The van der Waals surface area contributed by atoms with E-state index in [9.17, 15) is 4.79 Å². The van der Waals surface area contributed by atoms with Crippen LogP contribution in [0.25, 0.3) is 0 Å². The number of carboxylic acids is 1. The molecule has 6 nitrogen and oxygen atoms in total. The number of likely N-dealkylation sites (tertiary alicyclic amines) is 1. The molecule has 0 unspecified atom stereocenters. The third-order valence-corrected chi connectivity index (χ3v) is 2.97. The van der Waals surface area contributed by atoms with Gasteiger partial charge in [-0.05, 0) is 12.3 Å². The molecule has 1 atom stereocenters. The Labute approximate surface area is 100 Å². The first-order valence-electron chi connectivity index (χ1n) is 5.93. The molecule has 1 aliphatic rings. The fourth-order valence-electron chi connectivity index (χ4n) is 2.26. The SMILES string of the molecule is CC(C)CN1CC[C@H](n2cc(C(=O)O)nn2)C1. The first-order chi connectivity index (χ1) is 8.06. The number of carboxylic acid groups (broad SMARTS) is 1. The van der Waals surface area contributed by atoms with Crippen molar-refractivity contribution in [2.75, 3.05) is 19.6 Å². The summed E-state index contributed by atoms with van der Waals surface area (Å²) in [4.78, 5) is 13.1. The van der Waals surface area contributed by atoms with Gasteiger partial charge in [-0.1, -0.05) is 19.1 Å². The topological polar surface area (TPSA) is 71.2 Å². The summed E-state index contributed by atoms with van der Waals surface area (Å²) in [7, 11) is 0. The Kier molecular flexibility index (Phi) is 3.42. The molecule has 1 aromatic rings. The van der Waals surface area contributed by atoms with E-state index in [1.54, 1.807) is 4.68 Å². The molecule has 2 heterocycles. The van der Waals surface area contributed by atoms with Crippen LogP contribution in [-0.2, 0) is 0 Å². The van der Waals surface area contributed by atoms with Gasteiger partial charge in [0.2, 0.25) is 0 Å². The van der Waals surface area contributed by atoms with E-state index in [-0.39, 0.29) is 11.7 Å². The number of carbonyl (C=O) groups is 1. The summed E-state index contributed by atoms with van der Waals surface area (Å²) < 4.78 is 1.68. The molecule has 1 N–H and O–H groups in total. The van der Waals surface area contributed by atoms with Gasteiger partial charge in [-0.2, -0.15) is 0 Å². The molecule has 1 fully saturated rings. The highest BCUT2D eigenvalue weighted by molar-refractivity contribution is 5.84. The lowest BCUT2D eigenvalue weighted by Gasteiger charge is -2.17. The number of nitrogens with zero attached hydrogens (tertiary/aromatic N) is 4. The Balaban J connectivity index is 1.97. The van der Waals surface area contributed by atoms with Crippen LogP contribution in [0, 0.1) is 5.92 Å². The molecule has 2 rings (SSSR count). The van der Waals surface area contributed by atoms with Crippen LogP contribution in [0.4, 0.5) is 0 Å². The molecule has 0 bridgehead atoms. The summed E-state index contributed by atoms with van der Waals surface area (Å²) in [5.41, 5.74) is 0.0207. The van der Waals surface area contributed by atoms with Crippen molar-refractivity contribution >= 4 is 5.97 Å².